The van der Waals surface area contributed by atoms with Crippen LogP contribution in [0.3, 0.4) is 0 Å². The summed E-state index contributed by atoms with van der Waals surface area (Å²) in [6.07, 6.45) is 3.53. The third-order valence-corrected chi connectivity index (χ3v) is 6.99. The van der Waals surface area contributed by atoms with Crippen molar-refractivity contribution in [3.05, 3.63) is 70.9 Å². The van der Waals surface area contributed by atoms with Crippen LogP contribution in [0.2, 0.25) is 5.02 Å². The number of fused-ring (bicyclic) bond motifs is 1. The van der Waals surface area contributed by atoms with Gasteiger partial charge in [-0.1, -0.05) is 41.9 Å². The summed E-state index contributed by atoms with van der Waals surface area (Å²) in [6, 6.07) is 13.7. The predicted molar refractivity (Wildman–Crippen MR) is 139 cm³/mol. The number of piperidine rings is 1. The molecule has 3 aromatic rings. The Morgan fingerprint density at radius 1 is 1.06 bits per heavy atom. The first-order valence-electron chi connectivity index (χ1n) is 12.2. The summed E-state index contributed by atoms with van der Waals surface area (Å²) in [5, 5.41) is 20.2. The Bertz CT molecular complexity index is 1200. The maximum atomic E-state index is 13.0. The topological polar surface area (TPSA) is 123 Å². The summed E-state index contributed by atoms with van der Waals surface area (Å²) in [5.41, 5.74) is 2.58. The molecule has 1 aliphatic heterocycles. The molecule has 2 heterocycles. The highest BCUT2D eigenvalue weighted by Gasteiger charge is 2.26. The first kappa shape index (κ1) is 25.7. The second-order valence-corrected chi connectivity index (χ2v) is 9.68. The van der Waals surface area contributed by atoms with Crippen molar-refractivity contribution >= 4 is 40.3 Å². The van der Waals surface area contributed by atoms with Gasteiger partial charge in [-0.3, -0.25) is 9.59 Å². The second-order valence-electron chi connectivity index (χ2n) is 9.24. The molecule has 0 radical (unpaired) electrons. The van der Waals surface area contributed by atoms with Crippen molar-refractivity contribution < 1.29 is 19.5 Å². The fraction of sp³-hybridized carbons (Fsp3) is 0.370. The van der Waals surface area contributed by atoms with E-state index in [-0.39, 0.29) is 37.1 Å². The normalized spacial score (nSPS) is 15.8. The van der Waals surface area contributed by atoms with E-state index in [4.69, 9.17) is 11.6 Å². The predicted octanol–water partition coefficient (Wildman–Crippen LogP) is 3.22. The minimum absolute atomic E-state index is 0.0152. The molecule has 1 saturated heterocycles. The Labute approximate surface area is 214 Å². The maximum Gasteiger partial charge on any atom is 0.326 e. The van der Waals surface area contributed by atoms with Gasteiger partial charge in [-0.15, -0.1) is 0 Å². The maximum absolute atomic E-state index is 13.0. The standard InChI is InChI=1S/C27H31ClN4O4/c28-21-7-5-17(6-8-21)19(15-31-26(34)18-9-11-29-12-10-18)14-25(33)32-24(27(35)36)13-20-16-30-23-4-2-1-3-22(20)23/h1-8,16,18-19,24,29-30H,9-15H2,(H,31,34)(H,32,33)(H,35,36)/t19?,24-/m0/s1. The van der Waals surface area contributed by atoms with Crippen LogP contribution in [0, 0.1) is 5.92 Å². The number of amides is 2. The fourth-order valence-corrected chi connectivity index (χ4v) is 4.82. The van der Waals surface area contributed by atoms with Crippen LogP contribution in [0.15, 0.2) is 54.7 Å². The Kier molecular flexibility index (Phi) is 8.61. The summed E-state index contributed by atoms with van der Waals surface area (Å²) < 4.78 is 0. The van der Waals surface area contributed by atoms with Crippen molar-refractivity contribution in [1.82, 2.24) is 20.9 Å². The quantitative estimate of drug-likeness (QED) is 0.286. The first-order chi connectivity index (χ1) is 17.4. The third-order valence-electron chi connectivity index (χ3n) is 6.74. The lowest BCUT2D eigenvalue weighted by atomic mass is 9.93. The summed E-state index contributed by atoms with van der Waals surface area (Å²) >= 11 is 6.04. The number of nitrogens with one attached hydrogen (secondary N) is 4. The van der Waals surface area contributed by atoms with E-state index in [1.165, 1.54) is 0 Å². The zero-order chi connectivity index (χ0) is 25.5. The number of benzene rings is 2. The van der Waals surface area contributed by atoms with Crippen LogP contribution in [-0.2, 0) is 20.8 Å². The van der Waals surface area contributed by atoms with Gasteiger partial charge in [-0.25, -0.2) is 4.79 Å². The van der Waals surface area contributed by atoms with Crippen molar-refractivity contribution in [1.29, 1.82) is 0 Å². The summed E-state index contributed by atoms with van der Waals surface area (Å²) in [6.45, 7) is 1.90. The largest absolute Gasteiger partial charge is 0.480 e. The molecule has 1 unspecified atom stereocenters. The molecule has 36 heavy (non-hydrogen) atoms. The summed E-state index contributed by atoms with van der Waals surface area (Å²) in [5.74, 6) is -1.87. The van der Waals surface area contributed by atoms with Gasteiger partial charge in [0.2, 0.25) is 11.8 Å². The van der Waals surface area contributed by atoms with Crippen LogP contribution in [-0.4, -0.2) is 53.6 Å². The van der Waals surface area contributed by atoms with Gasteiger partial charge in [0.15, 0.2) is 0 Å². The number of para-hydroxylation sites is 1. The smallest absolute Gasteiger partial charge is 0.326 e. The Hall–Kier alpha value is -3.36. The van der Waals surface area contributed by atoms with Gasteiger partial charge < -0.3 is 26.0 Å². The molecule has 4 rings (SSSR count). The molecule has 0 bridgehead atoms. The third kappa shape index (κ3) is 6.65. The van der Waals surface area contributed by atoms with E-state index < -0.39 is 17.9 Å². The number of hydrogen-bond acceptors (Lipinski definition) is 4. The molecule has 2 atom stereocenters. The molecule has 2 aromatic carbocycles. The zero-order valence-electron chi connectivity index (χ0n) is 19.9. The van der Waals surface area contributed by atoms with E-state index in [0.717, 1.165) is 48.0 Å². The van der Waals surface area contributed by atoms with Crippen molar-refractivity contribution in [3.63, 3.8) is 0 Å². The molecule has 0 spiro atoms. The minimum atomic E-state index is -1.10. The number of carbonyl (C=O) groups excluding carboxylic acids is 2. The van der Waals surface area contributed by atoms with Crippen molar-refractivity contribution in [2.75, 3.05) is 19.6 Å². The Morgan fingerprint density at radius 2 is 1.78 bits per heavy atom. The van der Waals surface area contributed by atoms with Gasteiger partial charge in [0.25, 0.3) is 0 Å². The lowest BCUT2D eigenvalue weighted by molar-refractivity contribution is -0.141. The lowest BCUT2D eigenvalue weighted by Gasteiger charge is -2.24. The average molecular weight is 511 g/mol. The number of hydrogen-bond donors (Lipinski definition) is 5. The van der Waals surface area contributed by atoms with E-state index in [0.29, 0.717) is 5.02 Å². The monoisotopic (exact) mass is 510 g/mol. The number of carboxylic acids is 1. The molecule has 0 saturated carbocycles. The number of carboxylic acid groups (broad SMARTS) is 1. The fourth-order valence-electron chi connectivity index (χ4n) is 4.69. The second kappa shape index (κ2) is 12.1. The van der Waals surface area contributed by atoms with Crippen molar-refractivity contribution in [2.45, 2.75) is 37.6 Å². The highest BCUT2D eigenvalue weighted by molar-refractivity contribution is 6.30. The lowest BCUT2D eigenvalue weighted by Crippen LogP contribution is -2.44. The molecule has 9 heteroatoms. The highest BCUT2D eigenvalue weighted by atomic mass is 35.5. The number of aromatic amines is 1. The van der Waals surface area contributed by atoms with Crippen LogP contribution in [0.25, 0.3) is 10.9 Å². The number of carbonyl (C=O) groups is 3. The molecular weight excluding hydrogens is 480 g/mol. The first-order valence-corrected chi connectivity index (χ1v) is 12.6. The van der Waals surface area contributed by atoms with Crippen LogP contribution < -0.4 is 16.0 Å². The molecule has 5 N–H and O–H groups in total. The van der Waals surface area contributed by atoms with E-state index in [2.05, 4.69) is 20.9 Å². The van der Waals surface area contributed by atoms with Crippen molar-refractivity contribution in [2.24, 2.45) is 5.92 Å². The van der Waals surface area contributed by atoms with E-state index in [9.17, 15) is 19.5 Å². The number of rotatable bonds is 10. The van der Waals surface area contributed by atoms with Gasteiger partial charge in [0.05, 0.1) is 0 Å². The summed E-state index contributed by atoms with van der Waals surface area (Å²) in [4.78, 5) is 40.8. The number of aromatic nitrogens is 1. The Morgan fingerprint density at radius 3 is 2.50 bits per heavy atom. The molecule has 0 aliphatic carbocycles. The SMILES string of the molecule is O=C(CC(CNC(=O)C1CCNCC1)c1ccc(Cl)cc1)N[C@@H](Cc1c[nH]c2ccccc12)C(=O)O. The number of halogens is 1. The number of H-pyrrole nitrogens is 1. The summed E-state index contributed by atoms with van der Waals surface area (Å²) in [7, 11) is 0. The molecule has 1 aliphatic rings. The van der Waals surface area contributed by atoms with Crippen LogP contribution in [0.5, 0.6) is 0 Å². The molecule has 2 amide bonds. The average Bonchev–Trinajstić information content (AvgIpc) is 3.29. The van der Waals surface area contributed by atoms with Gasteiger partial charge in [0, 0.05) is 53.3 Å². The molecule has 8 nitrogen and oxygen atoms in total. The minimum Gasteiger partial charge on any atom is -0.480 e. The van der Waals surface area contributed by atoms with E-state index in [1.54, 1.807) is 18.3 Å². The van der Waals surface area contributed by atoms with Gasteiger partial charge in [-0.05, 0) is 55.3 Å². The van der Waals surface area contributed by atoms with Crippen LogP contribution in [0.4, 0.5) is 0 Å². The van der Waals surface area contributed by atoms with E-state index in [1.807, 2.05) is 36.4 Å². The van der Waals surface area contributed by atoms with Gasteiger partial charge in [0.1, 0.15) is 6.04 Å². The molecule has 190 valence electrons. The molecular formula is C27H31ClN4O4. The number of aliphatic carboxylic acids is 1. The Balaban J connectivity index is 1.42. The van der Waals surface area contributed by atoms with Crippen molar-refractivity contribution in [3.8, 4) is 0 Å². The van der Waals surface area contributed by atoms with Gasteiger partial charge in [-0.2, -0.15) is 0 Å². The highest BCUT2D eigenvalue weighted by Crippen LogP contribution is 2.23. The van der Waals surface area contributed by atoms with Gasteiger partial charge >= 0.3 is 5.97 Å². The van der Waals surface area contributed by atoms with Crippen LogP contribution in [0.1, 0.15) is 36.3 Å². The zero-order valence-corrected chi connectivity index (χ0v) is 20.7. The molecule has 1 fully saturated rings. The van der Waals surface area contributed by atoms with E-state index >= 15 is 0 Å². The molecule has 1 aromatic heterocycles. The van der Waals surface area contributed by atoms with Crippen LogP contribution >= 0.6 is 11.6 Å².